The molecule has 4 amide bonds. The number of urea groups is 2. The first-order valence-corrected chi connectivity index (χ1v) is 10.9. The zero-order chi connectivity index (χ0) is 18.5. The van der Waals surface area contributed by atoms with Crippen LogP contribution in [-0.2, 0) is 23.9 Å². The van der Waals surface area contributed by atoms with E-state index < -0.39 is 22.1 Å². The van der Waals surface area contributed by atoms with Crippen molar-refractivity contribution in [3.63, 3.8) is 0 Å². The van der Waals surface area contributed by atoms with Crippen LogP contribution in [0.2, 0.25) is 0 Å². The molecule has 0 aromatic heterocycles. The first-order chi connectivity index (χ1) is 12.4. The summed E-state index contributed by atoms with van der Waals surface area (Å²) < 4.78 is 9.56. The molecule has 1 spiro atoms. The number of rotatable bonds is 0. The number of hydrogen-bond acceptors (Lipinski definition) is 3. The SMILES string of the molecule is CS(C)=O.O=C1NC23CCCCC24N1Cc1ccccc1CN4C(=O)N3. The number of hydrogen-bond donors (Lipinski definition) is 2. The third-order valence-electron chi connectivity index (χ3n) is 5.81. The van der Waals surface area contributed by atoms with Crippen molar-refractivity contribution in [2.45, 2.75) is 50.1 Å². The lowest BCUT2D eigenvalue weighted by Crippen LogP contribution is -2.67. The van der Waals surface area contributed by atoms with E-state index in [-0.39, 0.29) is 12.1 Å². The molecule has 3 aliphatic heterocycles. The minimum Gasteiger partial charge on any atom is -0.311 e. The highest BCUT2D eigenvalue weighted by molar-refractivity contribution is 7.83. The Balaban J connectivity index is 0.000000385. The zero-order valence-electron chi connectivity index (χ0n) is 15.1. The van der Waals surface area contributed by atoms with Crippen molar-refractivity contribution in [2.75, 3.05) is 12.5 Å². The quantitative estimate of drug-likeness (QED) is 0.723. The smallest absolute Gasteiger partial charge is 0.311 e. The van der Waals surface area contributed by atoms with Gasteiger partial charge in [0, 0.05) is 23.3 Å². The van der Waals surface area contributed by atoms with Gasteiger partial charge in [-0.15, -0.1) is 0 Å². The number of nitrogens with one attached hydrogen (secondary N) is 2. The normalized spacial score (nSPS) is 31.2. The van der Waals surface area contributed by atoms with E-state index in [2.05, 4.69) is 22.8 Å². The highest BCUT2D eigenvalue weighted by Gasteiger charge is 2.72. The monoisotopic (exact) mass is 376 g/mol. The van der Waals surface area contributed by atoms with Gasteiger partial charge >= 0.3 is 12.1 Å². The van der Waals surface area contributed by atoms with E-state index in [1.54, 1.807) is 12.5 Å². The van der Waals surface area contributed by atoms with Gasteiger partial charge in [0.1, 0.15) is 0 Å². The van der Waals surface area contributed by atoms with Gasteiger partial charge in [0.05, 0.1) is 13.1 Å². The molecule has 0 bridgehead atoms. The topological polar surface area (TPSA) is 81.8 Å². The van der Waals surface area contributed by atoms with Crippen LogP contribution in [0.1, 0.15) is 36.8 Å². The Labute approximate surface area is 155 Å². The van der Waals surface area contributed by atoms with Crippen molar-refractivity contribution in [1.29, 1.82) is 0 Å². The van der Waals surface area contributed by atoms with Crippen LogP contribution in [0.25, 0.3) is 0 Å². The number of benzene rings is 1. The molecule has 7 nitrogen and oxygen atoms in total. The van der Waals surface area contributed by atoms with Crippen molar-refractivity contribution in [3.8, 4) is 0 Å². The van der Waals surface area contributed by atoms with E-state index in [1.807, 2.05) is 21.9 Å². The Morgan fingerprint density at radius 3 is 1.88 bits per heavy atom. The number of carbonyl (C=O) groups is 2. The molecule has 26 heavy (non-hydrogen) atoms. The van der Waals surface area contributed by atoms with E-state index in [1.165, 1.54) is 0 Å². The van der Waals surface area contributed by atoms with Crippen molar-refractivity contribution >= 4 is 22.9 Å². The number of amides is 4. The maximum absolute atomic E-state index is 12.7. The summed E-state index contributed by atoms with van der Waals surface area (Å²) in [5.74, 6) is 0. The first kappa shape index (κ1) is 17.3. The average Bonchev–Trinajstić information content (AvgIpc) is 2.88. The van der Waals surface area contributed by atoms with Gasteiger partial charge in [-0.25, -0.2) is 9.59 Å². The van der Waals surface area contributed by atoms with Crippen LogP contribution in [-0.4, -0.2) is 49.9 Å². The minimum atomic E-state index is -0.624. The molecule has 0 radical (unpaired) electrons. The van der Waals surface area contributed by atoms with Gasteiger partial charge in [-0.1, -0.05) is 24.3 Å². The van der Waals surface area contributed by atoms with Gasteiger partial charge in [-0.2, -0.15) is 0 Å². The van der Waals surface area contributed by atoms with E-state index >= 15 is 0 Å². The minimum absolute atomic E-state index is 0.0661. The van der Waals surface area contributed by atoms with Crippen molar-refractivity contribution in [2.24, 2.45) is 0 Å². The van der Waals surface area contributed by atoms with Gasteiger partial charge in [0.25, 0.3) is 0 Å². The summed E-state index contributed by atoms with van der Waals surface area (Å²) in [7, 11) is -0.611. The Kier molecular flexibility index (Phi) is 3.98. The van der Waals surface area contributed by atoms with Crippen LogP contribution in [0.4, 0.5) is 9.59 Å². The lowest BCUT2D eigenvalue weighted by molar-refractivity contribution is -0.0358. The third-order valence-corrected chi connectivity index (χ3v) is 5.81. The Bertz CT molecular complexity index is 745. The van der Waals surface area contributed by atoms with Gasteiger partial charge < -0.3 is 10.6 Å². The van der Waals surface area contributed by atoms with Crippen LogP contribution in [0.3, 0.4) is 0 Å². The molecular weight excluding hydrogens is 352 g/mol. The summed E-state index contributed by atoms with van der Waals surface area (Å²) in [5, 5.41) is 6.19. The van der Waals surface area contributed by atoms with Gasteiger partial charge in [-0.05, 0) is 36.8 Å². The molecule has 4 aliphatic rings. The fourth-order valence-corrected chi connectivity index (χ4v) is 4.86. The fraction of sp³-hybridized carbons (Fsp3) is 0.556. The molecule has 3 fully saturated rings. The van der Waals surface area contributed by atoms with Gasteiger partial charge in [-0.3, -0.25) is 14.0 Å². The summed E-state index contributed by atoms with van der Waals surface area (Å²) in [6.07, 6.45) is 6.97. The Morgan fingerprint density at radius 1 is 0.923 bits per heavy atom. The highest BCUT2D eigenvalue weighted by atomic mass is 32.2. The molecule has 140 valence electrons. The second-order valence-corrected chi connectivity index (χ2v) is 8.96. The molecule has 1 saturated carbocycles. The van der Waals surface area contributed by atoms with Crippen LogP contribution < -0.4 is 10.6 Å². The highest BCUT2D eigenvalue weighted by Crippen LogP contribution is 2.52. The Morgan fingerprint density at radius 2 is 1.38 bits per heavy atom. The van der Waals surface area contributed by atoms with Crippen LogP contribution in [0.15, 0.2) is 24.3 Å². The summed E-state index contributed by atoms with van der Waals surface area (Å²) in [4.78, 5) is 29.1. The van der Waals surface area contributed by atoms with Crippen LogP contribution in [0, 0.1) is 0 Å². The first-order valence-electron chi connectivity index (χ1n) is 8.91. The van der Waals surface area contributed by atoms with Gasteiger partial charge in [0.2, 0.25) is 0 Å². The number of fused-ring (bicyclic) bond motifs is 1. The van der Waals surface area contributed by atoms with E-state index in [0.29, 0.717) is 13.1 Å². The number of nitrogens with zero attached hydrogens (tertiary/aromatic N) is 2. The molecule has 8 heteroatoms. The van der Waals surface area contributed by atoms with E-state index in [9.17, 15) is 13.8 Å². The molecule has 1 aromatic carbocycles. The average molecular weight is 376 g/mol. The lowest BCUT2D eigenvalue weighted by Gasteiger charge is -2.48. The fourth-order valence-electron chi connectivity index (χ4n) is 4.86. The summed E-state index contributed by atoms with van der Waals surface area (Å²) >= 11 is 0. The molecule has 1 aliphatic carbocycles. The largest absolute Gasteiger partial charge is 0.321 e. The zero-order valence-corrected chi connectivity index (χ0v) is 15.9. The molecule has 2 N–H and O–H groups in total. The van der Waals surface area contributed by atoms with E-state index in [4.69, 9.17) is 0 Å². The number of carbonyl (C=O) groups excluding carboxylic acids is 2. The second kappa shape index (κ2) is 5.97. The summed E-state index contributed by atoms with van der Waals surface area (Å²) in [6, 6.07) is 7.97. The Hall–Kier alpha value is -2.09. The molecular formula is C18H24N4O3S. The summed E-state index contributed by atoms with van der Waals surface area (Å²) in [5.41, 5.74) is 1.09. The third kappa shape index (κ3) is 2.27. The van der Waals surface area contributed by atoms with Crippen molar-refractivity contribution in [1.82, 2.24) is 20.4 Å². The predicted octanol–water partition coefficient (Wildman–Crippen LogP) is 1.71. The van der Waals surface area contributed by atoms with Crippen LogP contribution in [0.5, 0.6) is 0 Å². The second-order valence-electron chi connectivity index (χ2n) is 7.47. The maximum Gasteiger partial charge on any atom is 0.321 e. The predicted molar refractivity (Wildman–Crippen MR) is 98.5 cm³/mol. The maximum atomic E-state index is 12.7. The molecule has 5 rings (SSSR count). The van der Waals surface area contributed by atoms with Gasteiger partial charge in [0.15, 0.2) is 11.3 Å². The lowest BCUT2D eigenvalue weighted by atomic mass is 9.79. The molecule has 3 heterocycles. The molecule has 1 aromatic rings. The molecule has 0 unspecified atom stereocenters. The summed E-state index contributed by atoms with van der Waals surface area (Å²) in [6.45, 7) is 1.13. The van der Waals surface area contributed by atoms with Crippen molar-refractivity contribution in [3.05, 3.63) is 35.4 Å². The standard InChI is InChI=1S/C16H18N4O2.C2H6OS/c21-13-17-15-7-3-4-8-16(15)19(13)9-11-5-1-2-6-12(11)10-20(16)14(22)18-15;1-4(2)3/h1-2,5-6H,3-4,7-10H2,(H,17,21)(H,18,22);1-2H3. The molecule has 0 atom stereocenters. The van der Waals surface area contributed by atoms with E-state index in [0.717, 1.165) is 36.8 Å². The molecule has 2 saturated heterocycles. The van der Waals surface area contributed by atoms with Crippen LogP contribution >= 0.6 is 0 Å². The van der Waals surface area contributed by atoms with Crippen molar-refractivity contribution < 1.29 is 13.8 Å².